The van der Waals surface area contributed by atoms with Crippen LogP contribution in [0.5, 0.6) is 0 Å². The predicted octanol–water partition coefficient (Wildman–Crippen LogP) is 3.15. The summed E-state index contributed by atoms with van der Waals surface area (Å²) in [6.45, 7) is 2.16. The molecule has 2 rings (SSSR count). The van der Waals surface area contributed by atoms with E-state index in [1.165, 1.54) is 12.1 Å². The second-order valence-corrected chi connectivity index (χ2v) is 6.72. The fraction of sp³-hybridized carbons (Fsp3) is 0.250. The number of halogens is 1. The van der Waals surface area contributed by atoms with Crippen LogP contribution in [0.1, 0.15) is 40.5 Å². The number of hydrogen-bond acceptors (Lipinski definition) is 5. The van der Waals surface area contributed by atoms with Crippen LogP contribution >= 0.6 is 11.6 Å². The number of carbonyl (C=O) groups is 3. The molecule has 0 saturated carbocycles. The van der Waals surface area contributed by atoms with Crippen LogP contribution in [0, 0.1) is 10.1 Å². The van der Waals surface area contributed by atoms with E-state index in [9.17, 15) is 24.5 Å². The van der Waals surface area contributed by atoms with Gasteiger partial charge in [-0.2, -0.15) is 0 Å². The third kappa shape index (κ3) is 6.56. The summed E-state index contributed by atoms with van der Waals surface area (Å²) in [4.78, 5) is 46.1. The highest BCUT2D eigenvalue weighted by molar-refractivity contribution is 6.33. The molecule has 0 spiro atoms. The SMILES string of the molecule is CCCC(=O)Nc1ccc(C(=O)NCCNC(=O)c2cc([N+](=O)[O-])ccc2Cl)cc1. The minimum atomic E-state index is -0.617. The Balaban J connectivity index is 1.82. The highest BCUT2D eigenvalue weighted by atomic mass is 35.5. The van der Waals surface area contributed by atoms with E-state index in [-0.39, 0.29) is 41.2 Å². The lowest BCUT2D eigenvalue weighted by Crippen LogP contribution is -2.34. The zero-order chi connectivity index (χ0) is 22.1. The molecular formula is C20H21ClN4O5. The monoisotopic (exact) mass is 432 g/mol. The van der Waals surface area contributed by atoms with Gasteiger partial charge in [-0.25, -0.2) is 0 Å². The van der Waals surface area contributed by atoms with Gasteiger partial charge in [0, 0.05) is 42.9 Å². The zero-order valence-corrected chi connectivity index (χ0v) is 17.0. The molecule has 0 fully saturated rings. The molecule has 0 bridgehead atoms. The van der Waals surface area contributed by atoms with Crippen molar-refractivity contribution in [1.82, 2.24) is 10.6 Å². The molecule has 0 heterocycles. The fourth-order valence-electron chi connectivity index (χ4n) is 2.51. The van der Waals surface area contributed by atoms with Crippen molar-refractivity contribution in [3.63, 3.8) is 0 Å². The largest absolute Gasteiger partial charge is 0.350 e. The Morgan fingerprint density at radius 2 is 1.63 bits per heavy atom. The normalized spacial score (nSPS) is 10.2. The molecule has 9 nitrogen and oxygen atoms in total. The van der Waals surface area contributed by atoms with Gasteiger partial charge in [-0.15, -0.1) is 0 Å². The fourth-order valence-corrected chi connectivity index (χ4v) is 2.71. The average molecular weight is 433 g/mol. The smallest absolute Gasteiger partial charge is 0.270 e. The lowest BCUT2D eigenvalue weighted by molar-refractivity contribution is -0.384. The summed E-state index contributed by atoms with van der Waals surface area (Å²) in [5.74, 6) is -1.01. The number of non-ortho nitro benzene ring substituents is 1. The van der Waals surface area contributed by atoms with Crippen molar-refractivity contribution < 1.29 is 19.3 Å². The molecule has 0 aromatic heterocycles. The van der Waals surface area contributed by atoms with Gasteiger partial charge in [0.25, 0.3) is 17.5 Å². The van der Waals surface area contributed by atoms with Crippen molar-refractivity contribution >= 4 is 40.7 Å². The Morgan fingerprint density at radius 1 is 1.00 bits per heavy atom. The van der Waals surface area contributed by atoms with E-state index in [1.807, 2.05) is 6.92 Å². The minimum Gasteiger partial charge on any atom is -0.350 e. The summed E-state index contributed by atoms with van der Waals surface area (Å²) >= 11 is 5.92. The molecule has 0 unspecified atom stereocenters. The summed E-state index contributed by atoms with van der Waals surface area (Å²) in [5, 5.41) is 18.8. The van der Waals surface area contributed by atoms with Crippen molar-refractivity contribution in [2.75, 3.05) is 18.4 Å². The van der Waals surface area contributed by atoms with Crippen molar-refractivity contribution in [3.05, 3.63) is 68.7 Å². The lowest BCUT2D eigenvalue weighted by Gasteiger charge is -2.09. The number of nitro benzene ring substituents is 1. The quantitative estimate of drug-likeness (QED) is 0.318. The van der Waals surface area contributed by atoms with E-state index in [0.717, 1.165) is 12.5 Å². The van der Waals surface area contributed by atoms with E-state index >= 15 is 0 Å². The molecule has 2 aromatic rings. The van der Waals surface area contributed by atoms with Crippen LogP contribution < -0.4 is 16.0 Å². The van der Waals surface area contributed by atoms with E-state index in [0.29, 0.717) is 17.7 Å². The van der Waals surface area contributed by atoms with Crippen LogP contribution in [0.2, 0.25) is 5.02 Å². The van der Waals surface area contributed by atoms with E-state index in [2.05, 4.69) is 16.0 Å². The number of nitrogens with one attached hydrogen (secondary N) is 3. The van der Waals surface area contributed by atoms with Crippen molar-refractivity contribution in [1.29, 1.82) is 0 Å². The Morgan fingerprint density at radius 3 is 2.23 bits per heavy atom. The standard InChI is InChI=1S/C20H21ClN4O5/c1-2-3-18(26)24-14-6-4-13(5-7-14)19(27)22-10-11-23-20(28)16-12-15(25(29)30)8-9-17(16)21/h4-9,12H,2-3,10-11H2,1H3,(H,22,27)(H,23,28)(H,24,26). The number of benzene rings is 2. The third-order valence-electron chi connectivity index (χ3n) is 4.01. The molecule has 0 radical (unpaired) electrons. The first-order valence-electron chi connectivity index (χ1n) is 9.22. The molecule has 10 heteroatoms. The highest BCUT2D eigenvalue weighted by Gasteiger charge is 2.15. The van der Waals surface area contributed by atoms with Crippen LogP contribution in [-0.4, -0.2) is 35.7 Å². The van der Waals surface area contributed by atoms with E-state index < -0.39 is 10.8 Å². The number of nitrogens with zero attached hydrogens (tertiary/aromatic N) is 1. The van der Waals surface area contributed by atoms with Gasteiger partial charge in [-0.3, -0.25) is 24.5 Å². The highest BCUT2D eigenvalue weighted by Crippen LogP contribution is 2.21. The summed E-state index contributed by atoms with van der Waals surface area (Å²) < 4.78 is 0. The van der Waals surface area contributed by atoms with Crippen molar-refractivity contribution in [3.8, 4) is 0 Å². The Bertz CT molecular complexity index is 947. The van der Waals surface area contributed by atoms with Crippen LogP contribution in [0.15, 0.2) is 42.5 Å². The van der Waals surface area contributed by atoms with Crippen molar-refractivity contribution in [2.45, 2.75) is 19.8 Å². The van der Waals surface area contributed by atoms with Gasteiger partial charge in [0.05, 0.1) is 15.5 Å². The van der Waals surface area contributed by atoms with Gasteiger partial charge >= 0.3 is 0 Å². The summed E-state index contributed by atoms with van der Waals surface area (Å²) in [7, 11) is 0. The first-order chi connectivity index (χ1) is 14.3. The lowest BCUT2D eigenvalue weighted by atomic mass is 10.2. The summed E-state index contributed by atoms with van der Waals surface area (Å²) in [5.41, 5.74) is 0.743. The number of amides is 3. The molecule has 2 aromatic carbocycles. The molecule has 0 aliphatic heterocycles. The van der Waals surface area contributed by atoms with Crippen LogP contribution in [0.3, 0.4) is 0 Å². The number of hydrogen-bond donors (Lipinski definition) is 3. The molecule has 0 atom stereocenters. The van der Waals surface area contributed by atoms with Crippen LogP contribution in [-0.2, 0) is 4.79 Å². The maximum absolute atomic E-state index is 12.2. The zero-order valence-electron chi connectivity index (χ0n) is 16.2. The molecule has 30 heavy (non-hydrogen) atoms. The molecule has 3 N–H and O–H groups in total. The van der Waals surface area contributed by atoms with Gasteiger partial charge < -0.3 is 16.0 Å². The minimum absolute atomic E-state index is 0.0158. The van der Waals surface area contributed by atoms with Gasteiger partial charge in [0.2, 0.25) is 5.91 Å². The first kappa shape index (κ1) is 22.8. The molecule has 3 amide bonds. The molecule has 0 aliphatic carbocycles. The summed E-state index contributed by atoms with van der Waals surface area (Å²) in [6.07, 6.45) is 1.17. The summed E-state index contributed by atoms with van der Waals surface area (Å²) in [6, 6.07) is 10.0. The van der Waals surface area contributed by atoms with Crippen LogP contribution in [0.4, 0.5) is 11.4 Å². The average Bonchev–Trinajstić information content (AvgIpc) is 2.71. The third-order valence-corrected chi connectivity index (χ3v) is 4.34. The number of nitro groups is 1. The second kappa shape index (κ2) is 10.9. The van der Waals surface area contributed by atoms with Gasteiger partial charge in [0.15, 0.2) is 0 Å². The first-order valence-corrected chi connectivity index (χ1v) is 9.60. The molecule has 0 saturated heterocycles. The van der Waals surface area contributed by atoms with Crippen molar-refractivity contribution in [2.24, 2.45) is 0 Å². The predicted molar refractivity (Wildman–Crippen MR) is 113 cm³/mol. The van der Waals surface area contributed by atoms with Gasteiger partial charge in [-0.1, -0.05) is 18.5 Å². The Hall–Kier alpha value is -3.46. The second-order valence-electron chi connectivity index (χ2n) is 6.31. The number of carbonyl (C=O) groups excluding carboxylic acids is 3. The topological polar surface area (TPSA) is 130 Å². The number of anilines is 1. The maximum atomic E-state index is 12.2. The Labute approximate surface area is 177 Å². The van der Waals surface area contributed by atoms with E-state index in [1.54, 1.807) is 24.3 Å². The van der Waals surface area contributed by atoms with E-state index in [4.69, 9.17) is 11.6 Å². The Kier molecular flexibility index (Phi) is 8.30. The molecular weight excluding hydrogens is 412 g/mol. The maximum Gasteiger partial charge on any atom is 0.270 e. The molecule has 0 aliphatic rings. The van der Waals surface area contributed by atoms with Gasteiger partial charge in [-0.05, 0) is 36.8 Å². The van der Waals surface area contributed by atoms with Gasteiger partial charge in [0.1, 0.15) is 0 Å². The van der Waals surface area contributed by atoms with Crippen LogP contribution in [0.25, 0.3) is 0 Å². The molecule has 158 valence electrons. The number of rotatable bonds is 9.